The molecule has 1 heterocycles. The number of halogens is 3. The SMILES string of the molecule is Cl.Cl.NCCc1nc2ccccc2n1Cc1ccc(Cl)cc1. The van der Waals surface area contributed by atoms with Crippen LogP contribution in [0, 0.1) is 0 Å². The zero-order chi connectivity index (χ0) is 13.9. The van der Waals surface area contributed by atoms with Crippen LogP contribution in [0.2, 0.25) is 5.02 Å². The maximum Gasteiger partial charge on any atom is 0.111 e. The first-order chi connectivity index (χ1) is 9.78. The number of hydrogen-bond donors (Lipinski definition) is 1. The van der Waals surface area contributed by atoms with Gasteiger partial charge in [0.05, 0.1) is 11.0 Å². The van der Waals surface area contributed by atoms with Crippen molar-refractivity contribution in [2.45, 2.75) is 13.0 Å². The quantitative estimate of drug-likeness (QED) is 0.763. The molecule has 0 spiro atoms. The topological polar surface area (TPSA) is 43.8 Å². The molecule has 2 N–H and O–H groups in total. The number of imidazole rings is 1. The fourth-order valence-electron chi connectivity index (χ4n) is 2.39. The van der Waals surface area contributed by atoms with Crippen LogP contribution in [0.25, 0.3) is 11.0 Å². The molecule has 118 valence electrons. The van der Waals surface area contributed by atoms with Crippen molar-refractivity contribution in [3.05, 3.63) is 64.9 Å². The van der Waals surface area contributed by atoms with Gasteiger partial charge >= 0.3 is 0 Å². The van der Waals surface area contributed by atoms with Crippen molar-refractivity contribution in [2.75, 3.05) is 6.54 Å². The van der Waals surface area contributed by atoms with Gasteiger partial charge < -0.3 is 10.3 Å². The van der Waals surface area contributed by atoms with E-state index in [0.717, 1.165) is 34.8 Å². The fraction of sp³-hybridized carbons (Fsp3) is 0.188. The van der Waals surface area contributed by atoms with Gasteiger partial charge in [0.1, 0.15) is 5.82 Å². The normalized spacial score (nSPS) is 10.1. The highest BCUT2D eigenvalue weighted by atomic mass is 35.5. The summed E-state index contributed by atoms with van der Waals surface area (Å²) in [6, 6.07) is 16.1. The number of benzene rings is 2. The smallest absolute Gasteiger partial charge is 0.111 e. The Balaban J connectivity index is 0.00000121. The fourth-order valence-corrected chi connectivity index (χ4v) is 2.52. The van der Waals surface area contributed by atoms with Gasteiger partial charge in [0.25, 0.3) is 0 Å². The average Bonchev–Trinajstić information content (AvgIpc) is 2.80. The Morgan fingerprint density at radius 1 is 1.00 bits per heavy atom. The number of hydrogen-bond acceptors (Lipinski definition) is 2. The lowest BCUT2D eigenvalue weighted by Crippen LogP contribution is -2.10. The van der Waals surface area contributed by atoms with Crippen LogP contribution in [-0.2, 0) is 13.0 Å². The number of aromatic nitrogens is 2. The first-order valence-corrected chi connectivity index (χ1v) is 7.04. The minimum atomic E-state index is 0. The molecule has 3 rings (SSSR count). The average molecular weight is 359 g/mol. The van der Waals surface area contributed by atoms with Crippen molar-refractivity contribution < 1.29 is 0 Å². The molecule has 0 aliphatic heterocycles. The molecule has 0 aliphatic carbocycles. The standard InChI is InChI=1S/C16H16ClN3.2ClH/c17-13-7-5-12(6-8-13)11-20-15-4-2-1-3-14(15)19-16(20)9-10-18;;/h1-8H,9-11,18H2;2*1H. The summed E-state index contributed by atoms with van der Waals surface area (Å²) in [5.41, 5.74) is 9.06. The Morgan fingerprint density at radius 2 is 1.68 bits per heavy atom. The van der Waals surface area contributed by atoms with E-state index in [1.807, 2.05) is 42.5 Å². The van der Waals surface area contributed by atoms with E-state index in [2.05, 4.69) is 15.6 Å². The third-order valence-electron chi connectivity index (χ3n) is 3.36. The van der Waals surface area contributed by atoms with Gasteiger partial charge in [0.15, 0.2) is 0 Å². The number of rotatable bonds is 4. The zero-order valence-corrected chi connectivity index (χ0v) is 14.3. The summed E-state index contributed by atoms with van der Waals surface area (Å²) in [6.07, 6.45) is 0.780. The summed E-state index contributed by atoms with van der Waals surface area (Å²) in [4.78, 5) is 4.67. The van der Waals surface area contributed by atoms with E-state index in [1.165, 1.54) is 5.56 Å². The minimum Gasteiger partial charge on any atom is -0.330 e. The number of nitrogens with zero attached hydrogens (tertiary/aromatic N) is 2. The third kappa shape index (κ3) is 3.93. The van der Waals surface area contributed by atoms with E-state index in [0.29, 0.717) is 6.54 Å². The van der Waals surface area contributed by atoms with Crippen molar-refractivity contribution in [1.82, 2.24) is 9.55 Å². The van der Waals surface area contributed by atoms with Gasteiger partial charge in [-0.1, -0.05) is 35.9 Å². The minimum absolute atomic E-state index is 0. The molecule has 0 fully saturated rings. The maximum atomic E-state index is 5.93. The van der Waals surface area contributed by atoms with Crippen LogP contribution >= 0.6 is 36.4 Å². The second kappa shape index (κ2) is 8.39. The van der Waals surface area contributed by atoms with Gasteiger partial charge in [0, 0.05) is 18.0 Å². The van der Waals surface area contributed by atoms with Crippen molar-refractivity contribution >= 4 is 47.4 Å². The second-order valence-electron chi connectivity index (χ2n) is 4.77. The van der Waals surface area contributed by atoms with Gasteiger partial charge in [-0.3, -0.25) is 0 Å². The Kier molecular flexibility index (Phi) is 7.17. The lowest BCUT2D eigenvalue weighted by molar-refractivity contribution is 0.735. The lowest BCUT2D eigenvalue weighted by atomic mass is 10.2. The van der Waals surface area contributed by atoms with Gasteiger partial charge in [-0.25, -0.2) is 4.98 Å². The van der Waals surface area contributed by atoms with Crippen LogP contribution in [0.1, 0.15) is 11.4 Å². The van der Waals surface area contributed by atoms with E-state index in [4.69, 9.17) is 17.3 Å². The van der Waals surface area contributed by atoms with E-state index in [1.54, 1.807) is 0 Å². The molecule has 0 radical (unpaired) electrons. The molecule has 0 saturated carbocycles. The summed E-state index contributed by atoms with van der Waals surface area (Å²) in [5, 5.41) is 0.756. The Morgan fingerprint density at radius 3 is 2.36 bits per heavy atom. The molecule has 0 aliphatic rings. The monoisotopic (exact) mass is 357 g/mol. The van der Waals surface area contributed by atoms with Crippen molar-refractivity contribution in [2.24, 2.45) is 5.73 Å². The molecular formula is C16H18Cl3N3. The van der Waals surface area contributed by atoms with Crippen LogP contribution in [0.3, 0.4) is 0 Å². The first-order valence-electron chi connectivity index (χ1n) is 6.66. The molecule has 0 unspecified atom stereocenters. The van der Waals surface area contributed by atoms with E-state index in [9.17, 15) is 0 Å². The van der Waals surface area contributed by atoms with E-state index < -0.39 is 0 Å². The summed E-state index contributed by atoms with van der Waals surface area (Å²) >= 11 is 5.93. The van der Waals surface area contributed by atoms with Gasteiger partial charge in [-0.2, -0.15) is 0 Å². The Labute approximate surface area is 147 Å². The van der Waals surface area contributed by atoms with Crippen LogP contribution < -0.4 is 5.73 Å². The molecule has 0 atom stereocenters. The highest BCUT2D eigenvalue weighted by Gasteiger charge is 2.09. The molecular weight excluding hydrogens is 341 g/mol. The van der Waals surface area contributed by atoms with Crippen LogP contribution in [0.15, 0.2) is 48.5 Å². The summed E-state index contributed by atoms with van der Waals surface area (Å²) in [7, 11) is 0. The third-order valence-corrected chi connectivity index (χ3v) is 3.61. The molecule has 1 aromatic heterocycles. The van der Waals surface area contributed by atoms with Crippen molar-refractivity contribution in [3.8, 4) is 0 Å². The molecule has 0 saturated heterocycles. The number of para-hydroxylation sites is 2. The molecule has 2 aromatic carbocycles. The highest BCUT2D eigenvalue weighted by molar-refractivity contribution is 6.30. The van der Waals surface area contributed by atoms with Gasteiger partial charge in [-0.05, 0) is 36.4 Å². The van der Waals surface area contributed by atoms with Crippen molar-refractivity contribution in [3.63, 3.8) is 0 Å². The van der Waals surface area contributed by atoms with Crippen LogP contribution in [0.4, 0.5) is 0 Å². The summed E-state index contributed by atoms with van der Waals surface area (Å²) in [6.45, 7) is 1.39. The molecule has 0 bridgehead atoms. The lowest BCUT2D eigenvalue weighted by Gasteiger charge is -2.09. The zero-order valence-electron chi connectivity index (χ0n) is 11.9. The van der Waals surface area contributed by atoms with Crippen LogP contribution in [-0.4, -0.2) is 16.1 Å². The van der Waals surface area contributed by atoms with E-state index >= 15 is 0 Å². The largest absolute Gasteiger partial charge is 0.330 e. The Hall–Kier alpha value is -1.26. The Bertz CT molecular complexity index is 723. The molecule has 22 heavy (non-hydrogen) atoms. The first kappa shape index (κ1) is 18.8. The number of nitrogens with two attached hydrogens (primary N) is 1. The predicted molar refractivity (Wildman–Crippen MR) is 97.5 cm³/mol. The molecule has 3 aromatic rings. The molecule has 6 heteroatoms. The summed E-state index contributed by atoms with van der Waals surface area (Å²) in [5.74, 6) is 1.03. The maximum absolute atomic E-state index is 5.93. The summed E-state index contributed by atoms with van der Waals surface area (Å²) < 4.78 is 2.23. The van der Waals surface area contributed by atoms with Gasteiger partial charge in [0.2, 0.25) is 0 Å². The second-order valence-corrected chi connectivity index (χ2v) is 5.20. The van der Waals surface area contributed by atoms with Crippen molar-refractivity contribution in [1.29, 1.82) is 0 Å². The van der Waals surface area contributed by atoms with Crippen LogP contribution in [0.5, 0.6) is 0 Å². The number of fused-ring (bicyclic) bond motifs is 1. The predicted octanol–water partition coefficient (Wildman–Crippen LogP) is 4.08. The highest BCUT2D eigenvalue weighted by Crippen LogP contribution is 2.19. The van der Waals surface area contributed by atoms with Gasteiger partial charge in [-0.15, -0.1) is 24.8 Å². The molecule has 3 nitrogen and oxygen atoms in total. The van der Waals surface area contributed by atoms with E-state index in [-0.39, 0.29) is 24.8 Å². The molecule has 0 amide bonds.